The first kappa shape index (κ1) is 12.1. The van der Waals surface area contributed by atoms with Crippen molar-refractivity contribution in [2.45, 2.75) is 25.1 Å². The monoisotopic (exact) mass is 239 g/mol. The Morgan fingerprint density at radius 2 is 2.47 bits per heavy atom. The highest BCUT2D eigenvalue weighted by molar-refractivity contribution is 5.76. The number of aromatic nitrogens is 2. The molecule has 2 rings (SSSR count). The Morgan fingerprint density at radius 3 is 3.06 bits per heavy atom. The van der Waals surface area contributed by atoms with Crippen LogP contribution in [-0.4, -0.2) is 51.6 Å². The Kier molecular flexibility index (Phi) is 3.44. The molecule has 1 fully saturated rings. The normalized spacial score (nSPS) is 25.1. The minimum absolute atomic E-state index is 0.294. The number of methoxy groups -OCH3 is 1. The number of hydrogen-bond acceptors (Lipinski definition) is 5. The van der Waals surface area contributed by atoms with Crippen LogP contribution in [0.1, 0.15) is 12.1 Å². The Balaban J connectivity index is 2.05. The fraction of sp³-hybridized carbons (Fsp3) is 0.636. The number of aliphatic hydroxyl groups is 1. The Hall–Kier alpha value is -1.40. The number of esters is 1. The summed E-state index contributed by atoms with van der Waals surface area (Å²) < 4.78 is 6.46. The summed E-state index contributed by atoms with van der Waals surface area (Å²) in [6, 6.07) is 1.54. The second-order valence-corrected chi connectivity index (χ2v) is 4.34. The first-order valence-corrected chi connectivity index (χ1v) is 5.58. The molecule has 1 N–H and O–H groups in total. The lowest BCUT2D eigenvalue weighted by Crippen LogP contribution is -2.36. The summed E-state index contributed by atoms with van der Waals surface area (Å²) in [5.74, 6) is -0.294. The van der Waals surface area contributed by atoms with Crippen molar-refractivity contribution in [3.63, 3.8) is 0 Å². The Bertz CT molecular complexity index is 404. The van der Waals surface area contributed by atoms with Gasteiger partial charge in [-0.25, -0.2) is 0 Å². The standard InChI is InChI=1S/C11H17N3O3/c1-13-4-3-8(12-13)6-14-7-9(15)5-10(14)11(16)17-2/h3-4,9-10,15H,5-7H2,1-2H3. The molecule has 1 saturated heterocycles. The van der Waals surface area contributed by atoms with Crippen LogP contribution in [0.3, 0.4) is 0 Å². The predicted octanol–water partition coefficient (Wildman–Crippen LogP) is -0.472. The maximum Gasteiger partial charge on any atom is 0.323 e. The molecule has 94 valence electrons. The van der Waals surface area contributed by atoms with Crippen molar-refractivity contribution in [1.29, 1.82) is 0 Å². The maximum absolute atomic E-state index is 11.6. The second kappa shape index (κ2) is 4.85. The van der Waals surface area contributed by atoms with Gasteiger partial charge in [0, 0.05) is 32.8 Å². The van der Waals surface area contributed by atoms with Gasteiger partial charge in [0.2, 0.25) is 0 Å². The van der Waals surface area contributed by atoms with E-state index in [1.165, 1.54) is 7.11 Å². The van der Waals surface area contributed by atoms with Crippen molar-refractivity contribution in [3.05, 3.63) is 18.0 Å². The molecule has 0 spiro atoms. The number of rotatable bonds is 3. The zero-order valence-electron chi connectivity index (χ0n) is 10.0. The third-order valence-electron chi connectivity index (χ3n) is 2.99. The minimum atomic E-state index is -0.470. The third kappa shape index (κ3) is 2.65. The first-order chi connectivity index (χ1) is 8.10. The zero-order chi connectivity index (χ0) is 12.4. The Labute approximate surface area is 99.8 Å². The molecule has 2 unspecified atom stereocenters. The van der Waals surface area contributed by atoms with Crippen molar-refractivity contribution in [2.24, 2.45) is 7.05 Å². The van der Waals surface area contributed by atoms with Crippen LogP contribution in [0, 0.1) is 0 Å². The van der Waals surface area contributed by atoms with E-state index in [0.717, 1.165) is 5.69 Å². The number of carbonyl (C=O) groups is 1. The van der Waals surface area contributed by atoms with Gasteiger partial charge in [0.15, 0.2) is 0 Å². The SMILES string of the molecule is COC(=O)C1CC(O)CN1Cc1ccn(C)n1. The lowest BCUT2D eigenvalue weighted by Gasteiger charge is -2.20. The molecule has 17 heavy (non-hydrogen) atoms. The van der Waals surface area contributed by atoms with Gasteiger partial charge in [-0.05, 0) is 6.07 Å². The summed E-state index contributed by atoms with van der Waals surface area (Å²) in [6.07, 6.45) is 1.82. The number of nitrogens with zero attached hydrogens (tertiary/aromatic N) is 3. The van der Waals surface area contributed by atoms with E-state index in [0.29, 0.717) is 19.5 Å². The highest BCUT2D eigenvalue weighted by Crippen LogP contribution is 2.20. The Morgan fingerprint density at radius 1 is 1.71 bits per heavy atom. The van der Waals surface area contributed by atoms with Crippen LogP contribution >= 0.6 is 0 Å². The number of carbonyl (C=O) groups excluding carboxylic acids is 1. The molecule has 1 aromatic rings. The molecule has 6 heteroatoms. The topological polar surface area (TPSA) is 67.6 Å². The average molecular weight is 239 g/mol. The summed E-state index contributed by atoms with van der Waals surface area (Å²) in [7, 11) is 3.21. The van der Waals surface area contributed by atoms with E-state index >= 15 is 0 Å². The molecule has 0 radical (unpaired) electrons. The van der Waals surface area contributed by atoms with Crippen LogP contribution in [0.2, 0.25) is 0 Å². The van der Waals surface area contributed by atoms with E-state index < -0.39 is 6.10 Å². The molecule has 2 heterocycles. The number of likely N-dealkylation sites (tertiary alicyclic amines) is 1. The van der Waals surface area contributed by atoms with Crippen molar-refractivity contribution in [1.82, 2.24) is 14.7 Å². The van der Waals surface area contributed by atoms with Gasteiger partial charge in [0.1, 0.15) is 6.04 Å². The van der Waals surface area contributed by atoms with E-state index in [4.69, 9.17) is 4.74 Å². The van der Waals surface area contributed by atoms with Gasteiger partial charge >= 0.3 is 5.97 Å². The molecule has 0 aliphatic carbocycles. The highest BCUT2D eigenvalue weighted by Gasteiger charge is 2.36. The van der Waals surface area contributed by atoms with Gasteiger partial charge in [-0.3, -0.25) is 14.4 Å². The highest BCUT2D eigenvalue weighted by atomic mass is 16.5. The van der Waals surface area contributed by atoms with Crippen molar-refractivity contribution < 1.29 is 14.6 Å². The number of aryl methyl sites for hydroxylation is 1. The van der Waals surface area contributed by atoms with Crippen molar-refractivity contribution in [2.75, 3.05) is 13.7 Å². The van der Waals surface area contributed by atoms with E-state index in [1.54, 1.807) is 4.68 Å². The number of aliphatic hydroxyl groups excluding tert-OH is 1. The minimum Gasteiger partial charge on any atom is -0.468 e. The lowest BCUT2D eigenvalue weighted by molar-refractivity contribution is -0.146. The van der Waals surface area contributed by atoms with Gasteiger partial charge in [0.25, 0.3) is 0 Å². The molecule has 0 amide bonds. The van der Waals surface area contributed by atoms with Gasteiger partial charge in [0.05, 0.1) is 18.9 Å². The van der Waals surface area contributed by atoms with E-state index in [9.17, 15) is 9.90 Å². The molecule has 1 aliphatic rings. The van der Waals surface area contributed by atoms with Crippen molar-refractivity contribution in [3.8, 4) is 0 Å². The summed E-state index contributed by atoms with van der Waals surface area (Å²) in [4.78, 5) is 13.5. The van der Waals surface area contributed by atoms with Crippen molar-refractivity contribution >= 4 is 5.97 Å². The molecule has 1 aromatic heterocycles. The van der Waals surface area contributed by atoms with Crippen LogP contribution in [0.5, 0.6) is 0 Å². The van der Waals surface area contributed by atoms with Crippen LogP contribution in [-0.2, 0) is 23.1 Å². The maximum atomic E-state index is 11.6. The summed E-state index contributed by atoms with van der Waals surface area (Å²) in [5, 5.41) is 13.9. The average Bonchev–Trinajstić information content (AvgIpc) is 2.85. The van der Waals surface area contributed by atoms with Crippen LogP contribution < -0.4 is 0 Å². The first-order valence-electron chi connectivity index (χ1n) is 5.58. The quantitative estimate of drug-likeness (QED) is 0.722. The van der Waals surface area contributed by atoms with Gasteiger partial charge < -0.3 is 9.84 Å². The van der Waals surface area contributed by atoms with Gasteiger partial charge in [-0.1, -0.05) is 0 Å². The summed E-state index contributed by atoms with van der Waals surface area (Å²) in [6.45, 7) is 1.04. The molecule has 0 aromatic carbocycles. The fourth-order valence-corrected chi connectivity index (χ4v) is 2.19. The largest absolute Gasteiger partial charge is 0.468 e. The summed E-state index contributed by atoms with van der Waals surface area (Å²) >= 11 is 0. The van der Waals surface area contributed by atoms with E-state index in [2.05, 4.69) is 5.10 Å². The van der Waals surface area contributed by atoms with Crippen LogP contribution in [0.4, 0.5) is 0 Å². The number of ether oxygens (including phenoxy) is 1. The predicted molar refractivity (Wildman–Crippen MR) is 60.0 cm³/mol. The van der Waals surface area contributed by atoms with Crippen LogP contribution in [0.25, 0.3) is 0 Å². The molecular weight excluding hydrogens is 222 g/mol. The molecule has 6 nitrogen and oxygen atoms in total. The molecular formula is C11H17N3O3. The van der Waals surface area contributed by atoms with E-state index in [1.807, 2.05) is 24.2 Å². The smallest absolute Gasteiger partial charge is 0.323 e. The third-order valence-corrected chi connectivity index (χ3v) is 2.99. The van der Waals surface area contributed by atoms with Gasteiger partial charge in [-0.15, -0.1) is 0 Å². The molecule has 1 aliphatic heterocycles. The van der Waals surface area contributed by atoms with Crippen LogP contribution in [0.15, 0.2) is 12.3 Å². The molecule has 2 atom stereocenters. The number of hydrogen-bond donors (Lipinski definition) is 1. The molecule has 0 saturated carbocycles. The lowest BCUT2D eigenvalue weighted by atomic mass is 10.2. The zero-order valence-corrected chi connectivity index (χ0v) is 10.0. The molecule has 0 bridgehead atoms. The summed E-state index contributed by atoms with van der Waals surface area (Å²) in [5.41, 5.74) is 0.885. The fourth-order valence-electron chi connectivity index (χ4n) is 2.19. The number of β-amino-alcohol motifs (C(OH)–C–C–N with tert-alkyl or cyclic N) is 1. The van der Waals surface area contributed by atoms with E-state index in [-0.39, 0.29) is 12.0 Å². The second-order valence-electron chi connectivity index (χ2n) is 4.34. The van der Waals surface area contributed by atoms with Gasteiger partial charge in [-0.2, -0.15) is 5.10 Å².